The molecule has 0 radical (unpaired) electrons. The fourth-order valence-electron chi connectivity index (χ4n) is 1.60. The van der Waals surface area contributed by atoms with Gasteiger partial charge < -0.3 is 0 Å². The van der Waals surface area contributed by atoms with Crippen molar-refractivity contribution in [2.45, 2.75) is 18.8 Å². The number of amides is 1. The van der Waals surface area contributed by atoms with Gasteiger partial charge in [0.1, 0.15) is 5.69 Å². The van der Waals surface area contributed by atoms with Crippen molar-refractivity contribution in [2.24, 2.45) is 0 Å². The van der Waals surface area contributed by atoms with Crippen LogP contribution < -0.4 is 5.32 Å². The zero-order valence-corrected chi connectivity index (χ0v) is 11.0. The van der Waals surface area contributed by atoms with E-state index in [0.717, 1.165) is 5.69 Å². The summed E-state index contributed by atoms with van der Waals surface area (Å²) < 4.78 is 0. The number of carbonyl (C=O) groups excluding carboxylic acids is 1. The first-order chi connectivity index (χ1) is 8.72. The summed E-state index contributed by atoms with van der Waals surface area (Å²) in [6.07, 6.45) is 3.91. The van der Waals surface area contributed by atoms with E-state index in [9.17, 15) is 4.79 Å². The molecule has 2 aromatic heterocycles. The molecule has 0 unspecified atom stereocenters. The lowest BCUT2D eigenvalue weighted by atomic mass is 10.3. The zero-order valence-electron chi connectivity index (χ0n) is 9.39. The minimum absolute atomic E-state index is 0.283. The van der Waals surface area contributed by atoms with Crippen molar-refractivity contribution in [3.63, 3.8) is 0 Å². The molecule has 1 fully saturated rings. The molecular weight excluding hydrogens is 270 g/mol. The lowest BCUT2D eigenvalue weighted by Crippen LogP contribution is -2.13. The Bertz CT molecular complexity index is 595. The Morgan fingerprint density at radius 3 is 3.06 bits per heavy atom. The first kappa shape index (κ1) is 11.6. The molecule has 6 heteroatoms. The SMILES string of the molecule is O=C(Nc1nc(C2CC2)cs1)c1cc(Cl)ccn1. The first-order valence-electron chi connectivity index (χ1n) is 5.61. The van der Waals surface area contributed by atoms with Crippen LogP contribution >= 0.6 is 22.9 Å². The van der Waals surface area contributed by atoms with E-state index in [2.05, 4.69) is 15.3 Å². The zero-order chi connectivity index (χ0) is 12.5. The number of hydrogen-bond acceptors (Lipinski definition) is 4. The number of anilines is 1. The summed E-state index contributed by atoms with van der Waals surface area (Å²) in [7, 11) is 0. The van der Waals surface area contributed by atoms with Gasteiger partial charge in [0.15, 0.2) is 5.13 Å². The van der Waals surface area contributed by atoms with Crippen LogP contribution in [0.4, 0.5) is 5.13 Å². The Morgan fingerprint density at radius 1 is 1.50 bits per heavy atom. The minimum Gasteiger partial charge on any atom is -0.296 e. The van der Waals surface area contributed by atoms with Gasteiger partial charge in [-0.2, -0.15) is 0 Å². The van der Waals surface area contributed by atoms with Crippen LogP contribution in [0.5, 0.6) is 0 Å². The molecule has 1 aliphatic rings. The van der Waals surface area contributed by atoms with Gasteiger partial charge in [-0.1, -0.05) is 11.6 Å². The quantitative estimate of drug-likeness (QED) is 0.938. The monoisotopic (exact) mass is 279 g/mol. The maximum atomic E-state index is 11.9. The summed E-state index contributed by atoms with van der Waals surface area (Å²) in [4.78, 5) is 20.3. The van der Waals surface area contributed by atoms with Crippen LogP contribution in [0.2, 0.25) is 5.02 Å². The van der Waals surface area contributed by atoms with E-state index in [1.165, 1.54) is 36.4 Å². The van der Waals surface area contributed by atoms with Gasteiger partial charge in [0.2, 0.25) is 0 Å². The molecule has 2 heterocycles. The number of thiazole rings is 1. The second-order valence-corrected chi connectivity index (χ2v) is 5.46. The van der Waals surface area contributed by atoms with Crippen LogP contribution in [0.3, 0.4) is 0 Å². The average Bonchev–Trinajstić information content (AvgIpc) is 3.11. The number of hydrogen-bond donors (Lipinski definition) is 1. The Kier molecular flexibility index (Phi) is 3.01. The average molecular weight is 280 g/mol. The van der Waals surface area contributed by atoms with Crippen LogP contribution in [-0.4, -0.2) is 15.9 Å². The third-order valence-corrected chi connectivity index (χ3v) is 3.70. The number of pyridine rings is 1. The third kappa shape index (κ3) is 2.52. The smallest absolute Gasteiger partial charge is 0.276 e. The Hall–Kier alpha value is -1.46. The van der Waals surface area contributed by atoms with E-state index in [1.54, 1.807) is 6.07 Å². The molecule has 4 nitrogen and oxygen atoms in total. The Labute approximate surface area is 113 Å². The number of halogens is 1. The number of carbonyl (C=O) groups is 1. The highest BCUT2D eigenvalue weighted by atomic mass is 35.5. The predicted molar refractivity (Wildman–Crippen MR) is 71.3 cm³/mol. The van der Waals surface area contributed by atoms with Crippen LogP contribution in [0.25, 0.3) is 0 Å². The van der Waals surface area contributed by atoms with E-state index < -0.39 is 0 Å². The van der Waals surface area contributed by atoms with Crippen molar-refractivity contribution in [2.75, 3.05) is 5.32 Å². The van der Waals surface area contributed by atoms with Crippen LogP contribution in [-0.2, 0) is 0 Å². The molecule has 1 aliphatic carbocycles. The fourth-order valence-corrected chi connectivity index (χ4v) is 2.55. The minimum atomic E-state index is -0.283. The Morgan fingerprint density at radius 2 is 2.33 bits per heavy atom. The van der Waals surface area contributed by atoms with Crippen molar-refractivity contribution in [3.8, 4) is 0 Å². The molecule has 0 aliphatic heterocycles. The molecular formula is C12H10ClN3OS. The standard InChI is InChI=1S/C12H10ClN3OS/c13-8-3-4-14-9(5-8)11(17)16-12-15-10(6-18-12)7-1-2-7/h3-7H,1-2H2,(H,15,16,17). The highest BCUT2D eigenvalue weighted by Crippen LogP contribution is 2.40. The molecule has 0 bridgehead atoms. The molecule has 0 atom stereocenters. The summed E-state index contributed by atoms with van der Waals surface area (Å²) in [6.45, 7) is 0. The van der Waals surface area contributed by atoms with Crippen molar-refractivity contribution in [1.82, 2.24) is 9.97 Å². The van der Waals surface area contributed by atoms with Gasteiger partial charge in [0.05, 0.1) is 5.69 Å². The normalized spacial score (nSPS) is 14.5. The van der Waals surface area contributed by atoms with Gasteiger partial charge in [0, 0.05) is 22.5 Å². The molecule has 18 heavy (non-hydrogen) atoms. The van der Waals surface area contributed by atoms with Crippen molar-refractivity contribution in [3.05, 3.63) is 40.1 Å². The predicted octanol–water partition coefficient (Wildman–Crippen LogP) is 3.32. The lowest BCUT2D eigenvalue weighted by molar-refractivity contribution is 0.102. The van der Waals surface area contributed by atoms with Crippen LogP contribution in [0.1, 0.15) is 34.9 Å². The van der Waals surface area contributed by atoms with E-state index in [4.69, 9.17) is 11.6 Å². The molecule has 0 spiro atoms. The van der Waals surface area contributed by atoms with Gasteiger partial charge in [-0.3, -0.25) is 15.1 Å². The topological polar surface area (TPSA) is 54.9 Å². The second-order valence-electron chi connectivity index (χ2n) is 4.17. The molecule has 1 amide bonds. The summed E-state index contributed by atoms with van der Waals surface area (Å²) in [5.74, 6) is 0.311. The van der Waals surface area contributed by atoms with Crippen molar-refractivity contribution in [1.29, 1.82) is 0 Å². The maximum Gasteiger partial charge on any atom is 0.276 e. The summed E-state index contributed by atoms with van der Waals surface area (Å²) >= 11 is 7.25. The van der Waals surface area contributed by atoms with E-state index in [-0.39, 0.29) is 5.91 Å². The van der Waals surface area contributed by atoms with Gasteiger partial charge >= 0.3 is 0 Å². The summed E-state index contributed by atoms with van der Waals surface area (Å²) in [6, 6.07) is 3.17. The maximum absolute atomic E-state index is 11.9. The Balaban J connectivity index is 1.73. The number of nitrogens with zero attached hydrogens (tertiary/aromatic N) is 2. The third-order valence-electron chi connectivity index (χ3n) is 2.69. The molecule has 0 aromatic carbocycles. The van der Waals surface area contributed by atoms with Crippen LogP contribution in [0, 0.1) is 0 Å². The van der Waals surface area contributed by atoms with E-state index in [1.807, 2.05) is 5.38 Å². The molecule has 92 valence electrons. The van der Waals surface area contributed by atoms with Gasteiger partial charge in [0.25, 0.3) is 5.91 Å². The molecule has 2 aromatic rings. The molecule has 3 rings (SSSR count). The van der Waals surface area contributed by atoms with Crippen LogP contribution in [0.15, 0.2) is 23.7 Å². The number of aromatic nitrogens is 2. The lowest BCUT2D eigenvalue weighted by Gasteiger charge is -2.00. The van der Waals surface area contributed by atoms with Gasteiger partial charge in [-0.25, -0.2) is 4.98 Å². The fraction of sp³-hybridized carbons (Fsp3) is 0.250. The van der Waals surface area contributed by atoms with Crippen molar-refractivity contribution >= 4 is 34.0 Å². The largest absolute Gasteiger partial charge is 0.296 e. The van der Waals surface area contributed by atoms with Gasteiger partial charge in [-0.05, 0) is 25.0 Å². The van der Waals surface area contributed by atoms with E-state index >= 15 is 0 Å². The first-order valence-corrected chi connectivity index (χ1v) is 6.86. The van der Waals surface area contributed by atoms with Gasteiger partial charge in [-0.15, -0.1) is 11.3 Å². The van der Waals surface area contributed by atoms with E-state index in [0.29, 0.717) is 21.8 Å². The molecule has 1 saturated carbocycles. The summed E-state index contributed by atoms with van der Waals surface area (Å²) in [5, 5.41) is 5.84. The van der Waals surface area contributed by atoms with Crippen molar-refractivity contribution < 1.29 is 4.79 Å². The second kappa shape index (κ2) is 4.66. The molecule has 1 N–H and O–H groups in total. The molecule has 0 saturated heterocycles. The highest BCUT2D eigenvalue weighted by molar-refractivity contribution is 7.14. The number of nitrogens with one attached hydrogen (secondary N) is 1. The summed E-state index contributed by atoms with van der Waals surface area (Å²) in [5.41, 5.74) is 1.38. The highest BCUT2D eigenvalue weighted by Gasteiger charge is 2.26. The number of rotatable bonds is 3.